The van der Waals surface area contributed by atoms with Gasteiger partial charge in [-0.05, 0) is 19.4 Å². The minimum atomic E-state index is -3.06. The van der Waals surface area contributed by atoms with Crippen molar-refractivity contribution in [2.45, 2.75) is 25.4 Å². The van der Waals surface area contributed by atoms with Crippen LogP contribution >= 0.6 is 0 Å². The van der Waals surface area contributed by atoms with Crippen molar-refractivity contribution in [1.29, 1.82) is 0 Å². The molecule has 8 nitrogen and oxygen atoms in total. The summed E-state index contributed by atoms with van der Waals surface area (Å²) >= 11 is 0. The first-order chi connectivity index (χ1) is 10.7. The molecule has 0 saturated carbocycles. The molecule has 1 aliphatic rings. The van der Waals surface area contributed by atoms with Gasteiger partial charge in [-0.2, -0.15) is 0 Å². The molecule has 1 heterocycles. The van der Waals surface area contributed by atoms with Crippen molar-refractivity contribution in [1.82, 2.24) is 4.90 Å². The molecule has 0 unspecified atom stereocenters. The fraction of sp³-hybridized carbons (Fsp3) is 0.500. The largest absolute Gasteiger partial charge is 0.374 e. The number of sulfone groups is 1. The van der Waals surface area contributed by atoms with Crippen LogP contribution in [-0.4, -0.2) is 54.8 Å². The van der Waals surface area contributed by atoms with E-state index in [9.17, 15) is 23.3 Å². The molecule has 0 aromatic heterocycles. The molecular formula is C14H19N3O5S. The van der Waals surface area contributed by atoms with Gasteiger partial charge in [0.2, 0.25) is 5.91 Å². The minimum Gasteiger partial charge on any atom is -0.374 e. The van der Waals surface area contributed by atoms with Gasteiger partial charge in [0.15, 0.2) is 9.84 Å². The van der Waals surface area contributed by atoms with Crippen LogP contribution < -0.4 is 5.32 Å². The number of rotatable bonds is 5. The number of nitro groups is 1. The maximum Gasteiger partial charge on any atom is 0.271 e. The zero-order valence-electron chi connectivity index (χ0n) is 12.9. The van der Waals surface area contributed by atoms with Crippen LogP contribution in [-0.2, 0) is 14.6 Å². The third-order valence-electron chi connectivity index (χ3n) is 3.91. The van der Waals surface area contributed by atoms with Crippen LogP contribution in [0, 0.1) is 10.1 Å². The van der Waals surface area contributed by atoms with Crippen molar-refractivity contribution in [3.05, 3.63) is 34.4 Å². The zero-order chi connectivity index (χ0) is 17.2. The Morgan fingerprint density at radius 3 is 2.74 bits per heavy atom. The summed E-state index contributed by atoms with van der Waals surface area (Å²) in [5.74, 6) is -0.167. The van der Waals surface area contributed by atoms with Gasteiger partial charge in [-0.15, -0.1) is 0 Å². The van der Waals surface area contributed by atoms with Crippen molar-refractivity contribution >= 4 is 27.1 Å². The van der Waals surface area contributed by atoms with Crippen LogP contribution in [0.5, 0.6) is 0 Å². The smallest absolute Gasteiger partial charge is 0.271 e. The molecule has 23 heavy (non-hydrogen) atoms. The number of hydrogen-bond donors (Lipinski definition) is 1. The monoisotopic (exact) mass is 341 g/mol. The lowest BCUT2D eigenvalue weighted by molar-refractivity contribution is -0.384. The molecule has 126 valence electrons. The lowest BCUT2D eigenvalue weighted by Crippen LogP contribution is -2.45. The lowest BCUT2D eigenvalue weighted by atomic mass is 10.2. The highest BCUT2D eigenvalue weighted by Crippen LogP contribution is 2.20. The fourth-order valence-electron chi connectivity index (χ4n) is 2.59. The summed E-state index contributed by atoms with van der Waals surface area (Å²) in [4.78, 5) is 24.1. The van der Waals surface area contributed by atoms with Crippen molar-refractivity contribution in [3.63, 3.8) is 0 Å². The standard InChI is InChI=1S/C14H19N3O5S/c1-10(15-11-4-3-5-12(8-11)17(19)20)14(18)16(2)13-6-7-23(21,22)9-13/h3-5,8,10,13,15H,6-7,9H2,1-2H3/t10-,13+/m0/s1. The third kappa shape index (κ3) is 4.19. The molecule has 1 saturated heterocycles. The van der Waals surface area contributed by atoms with Crippen molar-refractivity contribution in [3.8, 4) is 0 Å². The second-order valence-corrected chi connectivity index (χ2v) is 7.91. The van der Waals surface area contributed by atoms with Gasteiger partial charge in [-0.3, -0.25) is 14.9 Å². The van der Waals surface area contributed by atoms with E-state index in [0.717, 1.165) is 0 Å². The Balaban J connectivity index is 2.02. The van der Waals surface area contributed by atoms with E-state index < -0.39 is 20.8 Å². The van der Waals surface area contributed by atoms with Crippen LogP contribution in [0.1, 0.15) is 13.3 Å². The molecule has 0 aliphatic carbocycles. The summed E-state index contributed by atoms with van der Waals surface area (Å²) < 4.78 is 23.0. The molecular weight excluding hydrogens is 322 g/mol. The van der Waals surface area contributed by atoms with Crippen molar-refractivity contribution in [2.24, 2.45) is 0 Å². The Morgan fingerprint density at radius 1 is 1.48 bits per heavy atom. The number of likely N-dealkylation sites (N-methyl/N-ethyl adjacent to an activating group) is 1. The Kier molecular flexibility index (Phi) is 4.88. The van der Waals surface area contributed by atoms with Gasteiger partial charge in [0.25, 0.3) is 5.69 Å². The molecule has 1 N–H and O–H groups in total. The van der Waals surface area contributed by atoms with Gasteiger partial charge in [0, 0.05) is 30.9 Å². The predicted octanol–water partition coefficient (Wildman–Crippen LogP) is 1.04. The number of benzene rings is 1. The van der Waals surface area contributed by atoms with Crippen molar-refractivity contribution in [2.75, 3.05) is 23.9 Å². The highest BCUT2D eigenvalue weighted by atomic mass is 32.2. The van der Waals surface area contributed by atoms with Crippen LogP contribution in [0.25, 0.3) is 0 Å². The molecule has 0 bridgehead atoms. The second-order valence-electron chi connectivity index (χ2n) is 5.68. The second kappa shape index (κ2) is 6.53. The molecule has 1 amide bonds. The van der Waals surface area contributed by atoms with Crippen LogP contribution in [0.3, 0.4) is 0 Å². The molecule has 1 fully saturated rings. The maximum atomic E-state index is 12.4. The van der Waals surface area contributed by atoms with E-state index >= 15 is 0 Å². The number of amides is 1. The van der Waals surface area contributed by atoms with Gasteiger partial charge >= 0.3 is 0 Å². The number of carbonyl (C=O) groups excluding carboxylic acids is 1. The maximum absolute atomic E-state index is 12.4. The van der Waals surface area contributed by atoms with Gasteiger partial charge in [-0.25, -0.2) is 8.42 Å². The van der Waals surface area contributed by atoms with Crippen molar-refractivity contribution < 1.29 is 18.1 Å². The zero-order valence-corrected chi connectivity index (χ0v) is 13.7. The molecule has 2 atom stereocenters. The van der Waals surface area contributed by atoms with Gasteiger partial charge < -0.3 is 10.2 Å². The van der Waals surface area contributed by atoms with Gasteiger partial charge in [-0.1, -0.05) is 6.07 Å². The predicted molar refractivity (Wildman–Crippen MR) is 86.0 cm³/mol. The number of nitrogens with zero attached hydrogens (tertiary/aromatic N) is 2. The number of non-ortho nitro benzene ring substituents is 1. The Bertz CT molecular complexity index is 719. The fourth-order valence-corrected chi connectivity index (χ4v) is 4.36. The topological polar surface area (TPSA) is 110 Å². The Morgan fingerprint density at radius 2 is 2.17 bits per heavy atom. The van der Waals surface area contributed by atoms with E-state index in [1.54, 1.807) is 20.0 Å². The normalized spacial score (nSPS) is 20.7. The molecule has 1 aromatic carbocycles. The summed E-state index contributed by atoms with van der Waals surface area (Å²) in [6, 6.07) is 4.95. The van der Waals surface area contributed by atoms with Crippen LogP contribution in [0.2, 0.25) is 0 Å². The number of carbonyl (C=O) groups is 1. The number of hydrogen-bond acceptors (Lipinski definition) is 6. The van der Waals surface area contributed by atoms with E-state index in [1.807, 2.05) is 0 Å². The van der Waals surface area contributed by atoms with E-state index in [1.165, 1.54) is 23.1 Å². The number of nitro benzene ring substituents is 1. The molecule has 9 heteroatoms. The number of nitrogens with one attached hydrogen (secondary N) is 1. The molecule has 1 aliphatic heterocycles. The van der Waals surface area contributed by atoms with Crippen LogP contribution in [0.4, 0.5) is 11.4 Å². The minimum absolute atomic E-state index is 0.0151. The van der Waals surface area contributed by atoms with E-state index in [4.69, 9.17) is 0 Å². The van der Waals surface area contributed by atoms with Gasteiger partial charge in [0.05, 0.1) is 16.4 Å². The first-order valence-corrected chi connectivity index (χ1v) is 9.00. The molecule has 0 spiro atoms. The molecule has 1 aromatic rings. The van der Waals surface area contributed by atoms with E-state index in [-0.39, 0.29) is 29.1 Å². The highest BCUT2D eigenvalue weighted by Gasteiger charge is 2.34. The van der Waals surface area contributed by atoms with E-state index in [2.05, 4.69) is 5.32 Å². The molecule has 0 radical (unpaired) electrons. The average molecular weight is 341 g/mol. The highest BCUT2D eigenvalue weighted by molar-refractivity contribution is 7.91. The van der Waals surface area contributed by atoms with Gasteiger partial charge in [0.1, 0.15) is 6.04 Å². The third-order valence-corrected chi connectivity index (χ3v) is 5.66. The quantitative estimate of drug-likeness (QED) is 0.633. The molecule has 2 rings (SSSR count). The summed E-state index contributed by atoms with van der Waals surface area (Å²) in [5, 5.41) is 13.7. The Labute approximate surface area is 134 Å². The summed E-state index contributed by atoms with van der Waals surface area (Å²) in [6.07, 6.45) is 0.439. The SMILES string of the molecule is C[C@H](Nc1cccc([N+](=O)[O-])c1)C(=O)N(C)[C@@H]1CCS(=O)(=O)C1. The number of anilines is 1. The van der Waals surface area contributed by atoms with E-state index in [0.29, 0.717) is 12.1 Å². The lowest BCUT2D eigenvalue weighted by Gasteiger charge is -2.27. The first-order valence-electron chi connectivity index (χ1n) is 7.18. The first kappa shape index (κ1) is 17.2. The summed E-state index contributed by atoms with van der Waals surface area (Å²) in [5.41, 5.74) is 0.400. The average Bonchev–Trinajstić information content (AvgIpc) is 2.86. The summed E-state index contributed by atoms with van der Waals surface area (Å²) in [6.45, 7) is 1.64. The van der Waals surface area contributed by atoms with Crippen LogP contribution in [0.15, 0.2) is 24.3 Å². The summed E-state index contributed by atoms with van der Waals surface area (Å²) in [7, 11) is -1.48. The Hall–Kier alpha value is -2.16.